The number of nitrogens with one attached hydrogen (secondary N) is 1. The average Bonchev–Trinajstić information content (AvgIpc) is 2.68. The SMILES string of the molecule is O=C(NC1CCOCC1)C1CCN(c2ncnc3ccc(F)cc23)CC1. The van der Waals surface area contributed by atoms with Gasteiger partial charge in [-0.15, -0.1) is 0 Å². The van der Waals surface area contributed by atoms with Crippen molar-refractivity contribution in [3.8, 4) is 0 Å². The molecule has 26 heavy (non-hydrogen) atoms. The molecule has 1 amide bonds. The summed E-state index contributed by atoms with van der Waals surface area (Å²) < 4.78 is 19.0. The van der Waals surface area contributed by atoms with Crippen molar-refractivity contribution < 1.29 is 13.9 Å². The molecule has 1 aromatic heterocycles. The zero-order valence-corrected chi connectivity index (χ0v) is 14.7. The van der Waals surface area contributed by atoms with Crippen molar-refractivity contribution in [1.29, 1.82) is 0 Å². The van der Waals surface area contributed by atoms with Crippen LogP contribution in [0, 0.1) is 11.7 Å². The molecule has 7 heteroatoms. The van der Waals surface area contributed by atoms with E-state index in [1.54, 1.807) is 6.07 Å². The summed E-state index contributed by atoms with van der Waals surface area (Å²) in [6, 6.07) is 4.80. The molecule has 2 fully saturated rings. The first-order valence-electron chi connectivity index (χ1n) is 9.24. The Morgan fingerprint density at radius 2 is 1.92 bits per heavy atom. The lowest BCUT2D eigenvalue weighted by Crippen LogP contribution is -2.45. The third-order valence-corrected chi connectivity index (χ3v) is 5.31. The largest absolute Gasteiger partial charge is 0.381 e. The van der Waals surface area contributed by atoms with Gasteiger partial charge < -0.3 is 15.0 Å². The van der Waals surface area contributed by atoms with Gasteiger partial charge in [0.05, 0.1) is 5.52 Å². The second kappa shape index (κ2) is 7.53. The molecule has 3 heterocycles. The zero-order chi connectivity index (χ0) is 17.9. The highest BCUT2D eigenvalue weighted by Crippen LogP contribution is 2.28. The Kier molecular flexibility index (Phi) is 4.97. The fourth-order valence-electron chi connectivity index (χ4n) is 3.78. The standard InChI is InChI=1S/C19H23FN4O2/c20-14-1-2-17-16(11-14)18(22-12-21-17)24-7-3-13(4-8-24)19(25)23-15-5-9-26-10-6-15/h1-2,11-13,15H,3-10H2,(H,23,25). The number of amides is 1. The van der Waals surface area contributed by atoms with Gasteiger partial charge in [-0.1, -0.05) is 0 Å². The molecule has 2 aromatic rings. The van der Waals surface area contributed by atoms with E-state index in [1.165, 1.54) is 18.5 Å². The van der Waals surface area contributed by atoms with Gasteiger partial charge in [-0.05, 0) is 43.9 Å². The molecule has 1 aromatic carbocycles. The highest BCUT2D eigenvalue weighted by atomic mass is 19.1. The summed E-state index contributed by atoms with van der Waals surface area (Å²) in [7, 11) is 0. The number of hydrogen-bond donors (Lipinski definition) is 1. The first-order chi connectivity index (χ1) is 12.7. The van der Waals surface area contributed by atoms with Crippen LogP contribution in [-0.2, 0) is 9.53 Å². The molecule has 6 nitrogen and oxygen atoms in total. The van der Waals surface area contributed by atoms with Crippen molar-refractivity contribution in [2.75, 3.05) is 31.2 Å². The molecule has 4 rings (SSSR count). The van der Waals surface area contributed by atoms with Crippen LogP contribution in [0.25, 0.3) is 10.9 Å². The van der Waals surface area contributed by atoms with Crippen LogP contribution in [0.4, 0.5) is 10.2 Å². The second-order valence-corrected chi connectivity index (χ2v) is 7.02. The molecule has 2 aliphatic heterocycles. The highest BCUT2D eigenvalue weighted by molar-refractivity contribution is 5.89. The number of rotatable bonds is 3. The number of ether oxygens (including phenoxy) is 1. The van der Waals surface area contributed by atoms with Gasteiger partial charge in [0.2, 0.25) is 5.91 Å². The van der Waals surface area contributed by atoms with E-state index in [9.17, 15) is 9.18 Å². The van der Waals surface area contributed by atoms with Gasteiger partial charge >= 0.3 is 0 Å². The van der Waals surface area contributed by atoms with Crippen LogP contribution in [0.2, 0.25) is 0 Å². The molecule has 138 valence electrons. The zero-order valence-electron chi connectivity index (χ0n) is 14.7. The molecule has 1 N–H and O–H groups in total. The van der Waals surface area contributed by atoms with Crippen LogP contribution in [-0.4, -0.2) is 48.2 Å². The number of aromatic nitrogens is 2. The van der Waals surface area contributed by atoms with Gasteiger partial charge in [0.25, 0.3) is 0 Å². The number of halogens is 1. The maximum absolute atomic E-state index is 13.6. The molecule has 2 aliphatic rings. The number of piperidine rings is 1. The van der Waals surface area contributed by atoms with Crippen LogP contribution < -0.4 is 10.2 Å². The minimum atomic E-state index is -0.292. The first kappa shape index (κ1) is 17.1. The summed E-state index contributed by atoms with van der Waals surface area (Å²) in [5, 5.41) is 3.89. The van der Waals surface area contributed by atoms with Crippen LogP contribution in [0.3, 0.4) is 0 Å². The predicted octanol–water partition coefficient (Wildman–Crippen LogP) is 2.28. The Balaban J connectivity index is 1.40. The van der Waals surface area contributed by atoms with E-state index < -0.39 is 0 Å². The van der Waals surface area contributed by atoms with E-state index in [2.05, 4.69) is 20.2 Å². The predicted molar refractivity (Wildman–Crippen MR) is 96.4 cm³/mol. The molecule has 0 radical (unpaired) electrons. The monoisotopic (exact) mass is 358 g/mol. The summed E-state index contributed by atoms with van der Waals surface area (Å²) in [6.07, 6.45) is 4.84. The van der Waals surface area contributed by atoms with Crippen molar-refractivity contribution in [2.24, 2.45) is 5.92 Å². The van der Waals surface area contributed by atoms with Crippen molar-refractivity contribution in [1.82, 2.24) is 15.3 Å². The molecule has 0 unspecified atom stereocenters. The first-order valence-corrected chi connectivity index (χ1v) is 9.24. The third kappa shape index (κ3) is 3.62. The van der Waals surface area contributed by atoms with Crippen LogP contribution in [0.15, 0.2) is 24.5 Å². The Bertz CT molecular complexity index is 786. The quantitative estimate of drug-likeness (QED) is 0.912. The molecule has 0 aliphatic carbocycles. The molecule has 2 saturated heterocycles. The van der Waals surface area contributed by atoms with E-state index in [4.69, 9.17) is 4.74 Å². The summed E-state index contributed by atoms with van der Waals surface area (Å²) in [5.41, 5.74) is 0.732. The van der Waals surface area contributed by atoms with Gasteiger partial charge in [-0.2, -0.15) is 0 Å². The van der Waals surface area contributed by atoms with Crippen molar-refractivity contribution in [3.05, 3.63) is 30.3 Å². The second-order valence-electron chi connectivity index (χ2n) is 7.02. The molecular formula is C19H23FN4O2. The fraction of sp³-hybridized carbons (Fsp3) is 0.526. The van der Waals surface area contributed by atoms with E-state index in [1.807, 2.05) is 0 Å². The van der Waals surface area contributed by atoms with Gasteiger partial charge in [0, 0.05) is 43.6 Å². The fourth-order valence-corrected chi connectivity index (χ4v) is 3.78. The van der Waals surface area contributed by atoms with Crippen LogP contribution in [0.5, 0.6) is 0 Å². The normalized spacial score (nSPS) is 19.7. The third-order valence-electron chi connectivity index (χ3n) is 5.31. The lowest BCUT2D eigenvalue weighted by Gasteiger charge is -2.33. The molecular weight excluding hydrogens is 335 g/mol. The number of anilines is 1. The van der Waals surface area contributed by atoms with Crippen LogP contribution in [0.1, 0.15) is 25.7 Å². The average molecular weight is 358 g/mol. The topological polar surface area (TPSA) is 67.3 Å². The minimum Gasteiger partial charge on any atom is -0.381 e. The van der Waals surface area contributed by atoms with Gasteiger partial charge in [0.1, 0.15) is 18.0 Å². The Hall–Kier alpha value is -2.28. The van der Waals surface area contributed by atoms with Crippen molar-refractivity contribution in [2.45, 2.75) is 31.7 Å². The summed E-state index contributed by atoms with van der Waals surface area (Å²) in [4.78, 5) is 23.2. The van der Waals surface area contributed by atoms with Gasteiger partial charge in [-0.3, -0.25) is 4.79 Å². The Morgan fingerprint density at radius 3 is 2.69 bits per heavy atom. The van der Waals surface area contributed by atoms with Crippen LogP contribution >= 0.6 is 0 Å². The molecule has 0 spiro atoms. The molecule has 0 bridgehead atoms. The smallest absolute Gasteiger partial charge is 0.223 e. The van der Waals surface area contributed by atoms with Gasteiger partial charge in [0.15, 0.2) is 0 Å². The van der Waals surface area contributed by atoms with E-state index in [-0.39, 0.29) is 23.7 Å². The van der Waals surface area contributed by atoms with E-state index >= 15 is 0 Å². The molecule has 0 saturated carbocycles. The van der Waals surface area contributed by atoms with E-state index in [0.717, 1.165) is 68.7 Å². The summed E-state index contributed by atoms with van der Waals surface area (Å²) in [6.45, 7) is 2.91. The Morgan fingerprint density at radius 1 is 1.15 bits per heavy atom. The number of carbonyl (C=O) groups is 1. The number of nitrogens with zero attached hydrogens (tertiary/aromatic N) is 3. The summed E-state index contributed by atoms with van der Waals surface area (Å²) in [5.74, 6) is 0.631. The highest BCUT2D eigenvalue weighted by Gasteiger charge is 2.28. The Labute approximate surface area is 151 Å². The van der Waals surface area contributed by atoms with E-state index in [0.29, 0.717) is 0 Å². The maximum atomic E-state index is 13.6. The molecule has 0 atom stereocenters. The van der Waals surface area contributed by atoms with Crippen molar-refractivity contribution in [3.63, 3.8) is 0 Å². The number of benzene rings is 1. The number of fused-ring (bicyclic) bond motifs is 1. The summed E-state index contributed by atoms with van der Waals surface area (Å²) >= 11 is 0. The number of carbonyl (C=O) groups excluding carboxylic acids is 1. The lowest BCUT2D eigenvalue weighted by atomic mass is 9.95. The lowest BCUT2D eigenvalue weighted by molar-refractivity contribution is -0.126. The number of hydrogen-bond acceptors (Lipinski definition) is 5. The van der Waals surface area contributed by atoms with Gasteiger partial charge in [-0.25, -0.2) is 14.4 Å². The minimum absolute atomic E-state index is 0.0268. The maximum Gasteiger partial charge on any atom is 0.223 e. The van der Waals surface area contributed by atoms with Crippen molar-refractivity contribution >= 4 is 22.6 Å².